The Hall–Kier alpha value is -2.67. The second kappa shape index (κ2) is 7.70. The summed E-state index contributed by atoms with van der Waals surface area (Å²) < 4.78 is 15.9. The van der Waals surface area contributed by atoms with Gasteiger partial charge in [-0.05, 0) is 68.7 Å². The Morgan fingerprint density at radius 1 is 1.27 bits per heavy atom. The van der Waals surface area contributed by atoms with Gasteiger partial charge in [0.1, 0.15) is 5.82 Å². The van der Waals surface area contributed by atoms with E-state index in [9.17, 15) is 9.18 Å². The third-order valence-electron chi connectivity index (χ3n) is 4.27. The highest BCUT2D eigenvalue weighted by Gasteiger charge is 2.26. The lowest BCUT2D eigenvalue weighted by Gasteiger charge is -2.10. The topological polar surface area (TPSA) is 58.1 Å². The fourth-order valence-electron chi connectivity index (χ4n) is 2.91. The highest BCUT2D eigenvalue weighted by Crippen LogP contribution is 2.38. The molecule has 3 rings (SSSR count). The minimum Gasteiger partial charge on any atom is -0.346 e. The molecule has 1 fully saturated rings. The van der Waals surface area contributed by atoms with Gasteiger partial charge in [0.25, 0.3) is 5.91 Å². The Kier molecular flexibility index (Phi) is 5.37. The molecule has 0 aliphatic heterocycles. The lowest BCUT2D eigenvalue weighted by Crippen LogP contribution is -2.43. The maximum atomic E-state index is 13.5. The van der Waals surface area contributed by atoms with Crippen LogP contribution in [0.3, 0.4) is 0 Å². The number of aryl methyl sites for hydroxylation is 1. The van der Waals surface area contributed by atoms with Crippen LogP contribution in [-0.4, -0.2) is 15.6 Å². The number of nitrogens with zero attached hydrogens (tertiary/aromatic N) is 1. The fraction of sp³-hybridized carbons (Fsp3) is 0.263. The number of amides is 1. The van der Waals surface area contributed by atoms with Crippen molar-refractivity contribution >= 4 is 35.0 Å². The lowest BCUT2D eigenvalue weighted by atomic mass is 10.2. The summed E-state index contributed by atoms with van der Waals surface area (Å²) in [7, 11) is 0. The number of aromatic nitrogens is 1. The van der Waals surface area contributed by atoms with Crippen molar-refractivity contribution in [2.75, 3.05) is 5.32 Å². The van der Waals surface area contributed by atoms with E-state index in [0.717, 1.165) is 5.56 Å². The van der Waals surface area contributed by atoms with Crippen molar-refractivity contribution in [3.63, 3.8) is 0 Å². The number of carbonyl (C=O) groups is 1. The van der Waals surface area contributed by atoms with E-state index in [0.29, 0.717) is 6.04 Å². The largest absolute Gasteiger partial charge is 0.346 e. The van der Waals surface area contributed by atoms with E-state index in [1.54, 1.807) is 24.3 Å². The SMILES string of the molecule is Cc1cc(/C=C/C(=O)NNC(=S)Nc2ccccc2F)c(C)n1C1CC1. The molecular formula is C19H21FN4OS. The van der Waals surface area contributed by atoms with Gasteiger partial charge in [-0.15, -0.1) is 0 Å². The molecule has 0 radical (unpaired) electrons. The number of hydrogen-bond acceptors (Lipinski definition) is 2. The van der Waals surface area contributed by atoms with Crippen LogP contribution < -0.4 is 16.2 Å². The smallest absolute Gasteiger partial charge is 0.262 e. The maximum absolute atomic E-state index is 13.5. The van der Waals surface area contributed by atoms with E-state index in [-0.39, 0.29) is 16.7 Å². The monoisotopic (exact) mass is 372 g/mol. The van der Waals surface area contributed by atoms with Gasteiger partial charge >= 0.3 is 0 Å². The van der Waals surface area contributed by atoms with E-state index < -0.39 is 5.82 Å². The average molecular weight is 372 g/mol. The standard InChI is InChI=1S/C19H21FN4OS/c1-12-11-14(13(2)24(12)15-8-9-15)7-10-18(25)22-23-19(26)21-17-6-4-3-5-16(17)20/h3-7,10-11,15H,8-9H2,1-2H3,(H,22,25)(H2,21,23,26)/b10-7+. The highest BCUT2D eigenvalue weighted by molar-refractivity contribution is 7.80. The number of hydrazine groups is 1. The predicted molar refractivity (Wildman–Crippen MR) is 105 cm³/mol. The van der Waals surface area contributed by atoms with Crippen LogP contribution in [0.2, 0.25) is 0 Å². The first-order valence-corrected chi connectivity index (χ1v) is 8.84. The van der Waals surface area contributed by atoms with Crippen LogP contribution in [0.25, 0.3) is 6.08 Å². The van der Waals surface area contributed by atoms with Gasteiger partial charge in [-0.3, -0.25) is 15.6 Å². The van der Waals surface area contributed by atoms with Crippen molar-refractivity contribution < 1.29 is 9.18 Å². The third kappa shape index (κ3) is 4.29. The van der Waals surface area contributed by atoms with Gasteiger partial charge in [0.2, 0.25) is 0 Å². The summed E-state index contributed by atoms with van der Waals surface area (Å²) in [5.41, 5.74) is 8.65. The summed E-state index contributed by atoms with van der Waals surface area (Å²) in [6.45, 7) is 4.14. The Labute approximate surface area is 157 Å². The molecule has 7 heteroatoms. The van der Waals surface area contributed by atoms with Crippen LogP contribution in [0.4, 0.5) is 10.1 Å². The van der Waals surface area contributed by atoms with Gasteiger partial charge in [-0.1, -0.05) is 12.1 Å². The van der Waals surface area contributed by atoms with E-state index in [4.69, 9.17) is 12.2 Å². The zero-order valence-corrected chi connectivity index (χ0v) is 15.5. The number of halogens is 1. The van der Waals surface area contributed by atoms with Gasteiger partial charge in [0.05, 0.1) is 5.69 Å². The zero-order valence-electron chi connectivity index (χ0n) is 14.7. The zero-order chi connectivity index (χ0) is 18.7. The van der Waals surface area contributed by atoms with E-state index in [1.807, 2.05) is 0 Å². The number of nitrogens with one attached hydrogen (secondary N) is 3. The molecule has 2 aromatic rings. The van der Waals surface area contributed by atoms with Crippen LogP contribution in [0, 0.1) is 19.7 Å². The van der Waals surface area contributed by atoms with Gasteiger partial charge < -0.3 is 9.88 Å². The van der Waals surface area contributed by atoms with Crippen molar-refractivity contribution in [3.05, 3.63) is 59.2 Å². The van der Waals surface area contributed by atoms with Gasteiger partial charge in [-0.25, -0.2) is 4.39 Å². The fourth-order valence-corrected chi connectivity index (χ4v) is 3.07. The highest BCUT2D eigenvalue weighted by atomic mass is 32.1. The second-order valence-corrected chi connectivity index (χ2v) is 6.72. The Bertz CT molecular complexity index is 870. The molecule has 0 saturated heterocycles. The maximum Gasteiger partial charge on any atom is 0.262 e. The molecule has 0 spiro atoms. The quantitative estimate of drug-likeness (QED) is 0.436. The number of benzene rings is 1. The molecule has 0 bridgehead atoms. The summed E-state index contributed by atoms with van der Waals surface area (Å²) in [5, 5.41) is 2.78. The summed E-state index contributed by atoms with van der Waals surface area (Å²) in [4.78, 5) is 12.0. The molecule has 0 atom stereocenters. The molecular weight excluding hydrogens is 351 g/mol. The summed E-state index contributed by atoms with van der Waals surface area (Å²) in [6, 6.07) is 8.84. The molecule has 1 saturated carbocycles. The number of anilines is 1. The normalized spacial score (nSPS) is 13.7. The van der Waals surface area contributed by atoms with Crippen molar-refractivity contribution in [2.24, 2.45) is 0 Å². The van der Waals surface area contributed by atoms with Crippen LogP contribution >= 0.6 is 12.2 Å². The van der Waals surface area contributed by atoms with E-state index in [2.05, 4.69) is 40.6 Å². The molecule has 3 N–H and O–H groups in total. The van der Waals surface area contributed by atoms with Crippen LogP contribution in [0.1, 0.15) is 35.8 Å². The average Bonchev–Trinajstić information content (AvgIpc) is 3.39. The molecule has 1 aromatic carbocycles. The van der Waals surface area contributed by atoms with Gasteiger partial charge in [0.15, 0.2) is 5.11 Å². The van der Waals surface area contributed by atoms with Gasteiger partial charge in [-0.2, -0.15) is 0 Å². The first-order chi connectivity index (χ1) is 12.5. The van der Waals surface area contributed by atoms with E-state index in [1.165, 1.54) is 36.4 Å². The van der Waals surface area contributed by atoms with E-state index >= 15 is 0 Å². The molecule has 136 valence electrons. The number of thiocarbonyl (C=S) groups is 1. The molecule has 1 amide bonds. The molecule has 1 heterocycles. The Balaban J connectivity index is 1.53. The number of rotatable bonds is 4. The second-order valence-electron chi connectivity index (χ2n) is 6.31. The molecule has 5 nitrogen and oxygen atoms in total. The minimum atomic E-state index is -0.422. The number of para-hydroxylation sites is 1. The van der Waals surface area contributed by atoms with Crippen LogP contribution in [0.15, 0.2) is 36.4 Å². The predicted octanol–water partition coefficient (Wildman–Crippen LogP) is 3.61. The van der Waals surface area contributed by atoms with Crippen molar-refractivity contribution in [1.82, 2.24) is 15.4 Å². The first kappa shape index (κ1) is 18.1. The Morgan fingerprint density at radius 2 is 2.00 bits per heavy atom. The van der Waals surface area contributed by atoms with Crippen LogP contribution in [0.5, 0.6) is 0 Å². The van der Waals surface area contributed by atoms with Crippen LogP contribution in [-0.2, 0) is 4.79 Å². The summed E-state index contributed by atoms with van der Waals surface area (Å²) in [5.74, 6) is -0.771. The summed E-state index contributed by atoms with van der Waals surface area (Å²) in [6.07, 6.45) is 5.66. The van der Waals surface area contributed by atoms with Crippen molar-refractivity contribution in [1.29, 1.82) is 0 Å². The van der Waals surface area contributed by atoms with Gasteiger partial charge in [0, 0.05) is 23.5 Å². The molecule has 1 aliphatic carbocycles. The lowest BCUT2D eigenvalue weighted by molar-refractivity contribution is -0.116. The molecule has 0 unspecified atom stereocenters. The summed E-state index contributed by atoms with van der Waals surface area (Å²) >= 11 is 5.04. The minimum absolute atomic E-state index is 0.101. The van der Waals surface area contributed by atoms with Crippen molar-refractivity contribution in [3.8, 4) is 0 Å². The molecule has 1 aliphatic rings. The number of hydrogen-bond donors (Lipinski definition) is 3. The number of carbonyl (C=O) groups excluding carboxylic acids is 1. The molecule has 26 heavy (non-hydrogen) atoms. The van der Waals surface area contributed by atoms with Crippen molar-refractivity contribution in [2.45, 2.75) is 32.7 Å². The molecule has 1 aromatic heterocycles. The Morgan fingerprint density at radius 3 is 2.69 bits per heavy atom. The first-order valence-electron chi connectivity index (χ1n) is 8.43. The third-order valence-corrected chi connectivity index (χ3v) is 4.48.